The molecule has 0 heterocycles. The van der Waals surface area contributed by atoms with Gasteiger partial charge in [-0.15, -0.1) is 0 Å². The molecule has 0 spiro atoms. The minimum absolute atomic E-state index is 0.116. The van der Waals surface area contributed by atoms with Crippen molar-refractivity contribution >= 4 is 21.6 Å². The molecule has 5 nitrogen and oxygen atoms in total. The molecule has 2 aromatic carbocycles. The maximum Gasteiger partial charge on any atom is 0.240 e. The first kappa shape index (κ1) is 20.1. The molecule has 140 valence electrons. The number of aryl methyl sites for hydroxylation is 1. The van der Waals surface area contributed by atoms with Gasteiger partial charge >= 0.3 is 0 Å². The van der Waals surface area contributed by atoms with E-state index in [4.69, 9.17) is 0 Å². The number of anilines is 1. The fraction of sp³-hybridized carbons (Fsp3) is 0.350. The van der Waals surface area contributed by atoms with Crippen LogP contribution in [0.15, 0.2) is 59.5 Å². The van der Waals surface area contributed by atoms with Crippen molar-refractivity contribution in [2.45, 2.75) is 43.9 Å². The normalized spacial score (nSPS) is 11.3. The quantitative estimate of drug-likeness (QED) is 0.622. The lowest BCUT2D eigenvalue weighted by Crippen LogP contribution is -2.24. The van der Waals surface area contributed by atoms with Gasteiger partial charge in [0.2, 0.25) is 15.9 Å². The minimum atomic E-state index is -3.55. The largest absolute Gasteiger partial charge is 0.326 e. The van der Waals surface area contributed by atoms with Crippen molar-refractivity contribution in [2.75, 3.05) is 11.9 Å². The first-order valence-corrected chi connectivity index (χ1v) is 10.4. The summed E-state index contributed by atoms with van der Waals surface area (Å²) in [6.45, 7) is 2.41. The van der Waals surface area contributed by atoms with Crippen LogP contribution in [-0.4, -0.2) is 20.9 Å². The highest BCUT2D eigenvalue weighted by Gasteiger charge is 2.14. The highest BCUT2D eigenvalue weighted by atomic mass is 32.2. The summed E-state index contributed by atoms with van der Waals surface area (Å²) in [5.41, 5.74) is 1.69. The van der Waals surface area contributed by atoms with Crippen molar-refractivity contribution in [1.29, 1.82) is 0 Å². The van der Waals surface area contributed by atoms with Gasteiger partial charge in [-0.3, -0.25) is 4.79 Å². The van der Waals surface area contributed by atoms with E-state index in [-0.39, 0.29) is 10.8 Å². The van der Waals surface area contributed by atoms with Crippen LogP contribution in [0.4, 0.5) is 5.69 Å². The van der Waals surface area contributed by atoms with E-state index < -0.39 is 10.0 Å². The molecule has 2 rings (SSSR count). The van der Waals surface area contributed by atoms with Crippen LogP contribution in [0.3, 0.4) is 0 Å². The Labute approximate surface area is 155 Å². The minimum Gasteiger partial charge on any atom is -0.326 e. The number of benzene rings is 2. The summed E-state index contributed by atoms with van der Waals surface area (Å²) in [6.07, 6.45) is 3.68. The lowest BCUT2D eigenvalue weighted by Gasteiger charge is -2.09. The summed E-state index contributed by atoms with van der Waals surface area (Å²) in [5, 5.41) is 2.78. The Morgan fingerprint density at radius 1 is 1.00 bits per heavy atom. The third kappa shape index (κ3) is 6.61. The lowest BCUT2D eigenvalue weighted by molar-refractivity contribution is -0.116. The molecule has 6 heteroatoms. The monoisotopic (exact) mass is 374 g/mol. The number of sulfonamides is 1. The van der Waals surface area contributed by atoms with Gasteiger partial charge in [0, 0.05) is 18.7 Å². The van der Waals surface area contributed by atoms with E-state index in [1.807, 2.05) is 37.3 Å². The van der Waals surface area contributed by atoms with Crippen LogP contribution in [0.25, 0.3) is 0 Å². The van der Waals surface area contributed by atoms with Gasteiger partial charge < -0.3 is 5.32 Å². The van der Waals surface area contributed by atoms with Crippen LogP contribution < -0.4 is 10.0 Å². The van der Waals surface area contributed by atoms with E-state index in [1.54, 1.807) is 12.1 Å². The molecule has 0 aliphatic carbocycles. The van der Waals surface area contributed by atoms with Crippen LogP contribution >= 0.6 is 0 Å². The maximum atomic E-state index is 12.3. The molecule has 0 aliphatic rings. The molecule has 0 saturated carbocycles. The van der Waals surface area contributed by atoms with Crippen LogP contribution in [0, 0.1) is 0 Å². The van der Waals surface area contributed by atoms with Gasteiger partial charge in [-0.05, 0) is 43.0 Å². The van der Waals surface area contributed by atoms with E-state index in [2.05, 4.69) is 10.0 Å². The van der Waals surface area contributed by atoms with Crippen LogP contribution in [-0.2, 0) is 21.2 Å². The van der Waals surface area contributed by atoms with Crippen molar-refractivity contribution in [3.8, 4) is 0 Å². The Kier molecular flexibility index (Phi) is 7.81. The lowest BCUT2D eigenvalue weighted by atomic mass is 10.1. The zero-order chi connectivity index (χ0) is 18.8. The molecule has 0 aromatic heterocycles. The van der Waals surface area contributed by atoms with Crippen molar-refractivity contribution in [3.05, 3.63) is 60.2 Å². The summed E-state index contributed by atoms with van der Waals surface area (Å²) < 4.78 is 27.1. The number of rotatable bonds is 10. The second-order valence-corrected chi connectivity index (χ2v) is 7.93. The van der Waals surface area contributed by atoms with Crippen molar-refractivity contribution < 1.29 is 13.2 Å². The van der Waals surface area contributed by atoms with Gasteiger partial charge in [-0.1, -0.05) is 49.7 Å². The summed E-state index contributed by atoms with van der Waals surface area (Å²) in [7, 11) is -3.55. The number of carbonyl (C=O) groups excluding carboxylic acids is 1. The van der Waals surface area contributed by atoms with Crippen molar-refractivity contribution in [1.82, 2.24) is 4.72 Å². The van der Waals surface area contributed by atoms with Gasteiger partial charge in [0.1, 0.15) is 0 Å². The second-order valence-electron chi connectivity index (χ2n) is 6.17. The third-order valence-corrected chi connectivity index (χ3v) is 5.42. The zero-order valence-electron chi connectivity index (χ0n) is 15.1. The molecule has 0 atom stereocenters. The van der Waals surface area contributed by atoms with E-state index in [9.17, 15) is 13.2 Å². The average Bonchev–Trinajstić information content (AvgIpc) is 2.63. The third-order valence-electron chi connectivity index (χ3n) is 3.96. The van der Waals surface area contributed by atoms with Crippen molar-refractivity contribution in [2.24, 2.45) is 0 Å². The number of amides is 1. The summed E-state index contributed by atoms with van der Waals surface area (Å²) >= 11 is 0. The molecular formula is C20H26N2O3S. The van der Waals surface area contributed by atoms with E-state index in [0.717, 1.165) is 25.7 Å². The molecule has 2 N–H and O–H groups in total. The van der Waals surface area contributed by atoms with Gasteiger partial charge in [0.15, 0.2) is 0 Å². The Hall–Kier alpha value is -2.18. The Morgan fingerprint density at radius 3 is 2.50 bits per heavy atom. The molecule has 0 radical (unpaired) electrons. The van der Waals surface area contributed by atoms with Gasteiger partial charge in [-0.25, -0.2) is 13.1 Å². The topological polar surface area (TPSA) is 75.3 Å². The predicted octanol–water partition coefficient (Wildman–Crippen LogP) is 3.73. The average molecular weight is 375 g/mol. The number of hydrogen-bond acceptors (Lipinski definition) is 3. The second kappa shape index (κ2) is 10.1. The van der Waals surface area contributed by atoms with Gasteiger partial charge in [-0.2, -0.15) is 0 Å². The van der Waals surface area contributed by atoms with Crippen molar-refractivity contribution in [3.63, 3.8) is 0 Å². The molecule has 0 bridgehead atoms. The van der Waals surface area contributed by atoms with Crippen LogP contribution in [0.2, 0.25) is 0 Å². The fourth-order valence-electron chi connectivity index (χ4n) is 2.53. The predicted molar refractivity (Wildman–Crippen MR) is 105 cm³/mol. The summed E-state index contributed by atoms with van der Waals surface area (Å²) in [6, 6.07) is 16.4. The number of carbonyl (C=O) groups is 1. The molecule has 0 unspecified atom stereocenters. The highest BCUT2D eigenvalue weighted by molar-refractivity contribution is 7.89. The first-order valence-electron chi connectivity index (χ1n) is 8.95. The molecule has 0 fully saturated rings. The molecule has 1 amide bonds. The van der Waals surface area contributed by atoms with Crippen LogP contribution in [0.1, 0.15) is 38.2 Å². The molecule has 26 heavy (non-hydrogen) atoms. The Morgan fingerprint density at radius 2 is 1.77 bits per heavy atom. The first-order chi connectivity index (χ1) is 12.5. The molecule has 0 aliphatic heterocycles. The highest BCUT2D eigenvalue weighted by Crippen LogP contribution is 2.16. The standard InChI is InChI=1S/C20H26N2O3S/c1-2-3-15-21-26(24,25)19-13-8-12-18(16-19)22-20(23)14-7-11-17-9-5-4-6-10-17/h4-6,8-10,12-13,16,21H,2-3,7,11,14-15H2,1H3,(H,22,23). The van der Waals surface area contributed by atoms with Gasteiger partial charge in [0.05, 0.1) is 4.90 Å². The number of unbranched alkanes of at least 4 members (excludes halogenated alkanes) is 1. The molecular weight excluding hydrogens is 348 g/mol. The number of hydrogen-bond donors (Lipinski definition) is 2. The number of nitrogens with one attached hydrogen (secondary N) is 2. The van der Waals surface area contributed by atoms with Crippen LogP contribution in [0.5, 0.6) is 0 Å². The Balaban J connectivity index is 1.88. The molecule has 0 saturated heterocycles. The van der Waals surface area contributed by atoms with E-state index in [0.29, 0.717) is 18.7 Å². The zero-order valence-corrected chi connectivity index (χ0v) is 15.9. The van der Waals surface area contributed by atoms with E-state index >= 15 is 0 Å². The van der Waals surface area contributed by atoms with Gasteiger partial charge in [0.25, 0.3) is 0 Å². The SMILES string of the molecule is CCCCNS(=O)(=O)c1cccc(NC(=O)CCCc2ccccc2)c1. The summed E-state index contributed by atoms with van der Waals surface area (Å²) in [5.74, 6) is -0.116. The Bertz CT molecular complexity index is 805. The fourth-order valence-corrected chi connectivity index (χ4v) is 3.65. The molecule has 2 aromatic rings. The summed E-state index contributed by atoms with van der Waals surface area (Å²) in [4.78, 5) is 12.3. The maximum absolute atomic E-state index is 12.3. The van der Waals surface area contributed by atoms with E-state index in [1.165, 1.54) is 17.7 Å². The smallest absolute Gasteiger partial charge is 0.240 e.